The van der Waals surface area contributed by atoms with Crippen LogP contribution in [0.15, 0.2) is 18.2 Å². The van der Waals surface area contributed by atoms with E-state index < -0.39 is 0 Å². The van der Waals surface area contributed by atoms with Crippen LogP contribution in [0.25, 0.3) is 0 Å². The molecule has 0 radical (unpaired) electrons. The Kier molecular flexibility index (Phi) is 4.64. The molecule has 1 aromatic rings. The third-order valence-corrected chi connectivity index (χ3v) is 4.78. The van der Waals surface area contributed by atoms with Crippen molar-refractivity contribution >= 4 is 0 Å². The van der Waals surface area contributed by atoms with Gasteiger partial charge in [0.2, 0.25) is 0 Å². The van der Waals surface area contributed by atoms with Gasteiger partial charge >= 0.3 is 0 Å². The van der Waals surface area contributed by atoms with Crippen molar-refractivity contribution in [1.82, 2.24) is 4.90 Å². The fraction of sp³-hybridized carbons (Fsp3) is 0.647. The van der Waals surface area contributed by atoms with E-state index in [1.165, 1.54) is 36.2 Å². The molecule has 0 saturated carbocycles. The van der Waals surface area contributed by atoms with Crippen LogP contribution in [0.4, 0.5) is 0 Å². The zero-order valence-corrected chi connectivity index (χ0v) is 12.8. The fourth-order valence-corrected chi connectivity index (χ4v) is 3.11. The summed E-state index contributed by atoms with van der Waals surface area (Å²) in [4.78, 5) is 2.58. The molecule has 0 bridgehead atoms. The molecule has 0 amide bonds. The fourth-order valence-electron chi connectivity index (χ4n) is 3.11. The Labute approximate surface area is 118 Å². The monoisotopic (exact) mass is 260 g/mol. The molecular weight excluding hydrogens is 232 g/mol. The smallest absolute Gasteiger partial charge is 0.0470 e. The van der Waals surface area contributed by atoms with Crippen molar-refractivity contribution in [1.29, 1.82) is 0 Å². The Hall–Kier alpha value is -0.860. The maximum atomic E-state index is 6.05. The van der Waals surface area contributed by atoms with Crippen molar-refractivity contribution in [2.24, 2.45) is 17.6 Å². The van der Waals surface area contributed by atoms with Gasteiger partial charge in [-0.3, -0.25) is 4.90 Å². The van der Waals surface area contributed by atoms with Crippen LogP contribution in [-0.4, -0.2) is 24.5 Å². The van der Waals surface area contributed by atoms with Gasteiger partial charge in [0.25, 0.3) is 0 Å². The summed E-state index contributed by atoms with van der Waals surface area (Å²) in [5, 5.41) is 0. The summed E-state index contributed by atoms with van der Waals surface area (Å²) in [6, 6.07) is 7.18. The van der Waals surface area contributed by atoms with Gasteiger partial charge in [0.1, 0.15) is 0 Å². The van der Waals surface area contributed by atoms with E-state index in [0.29, 0.717) is 12.6 Å². The summed E-state index contributed by atoms with van der Waals surface area (Å²) in [5.74, 6) is 1.61. The molecule has 1 heterocycles. The van der Waals surface area contributed by atoms with Crippen molar-refractivity contribution in [3.8, 4) is 0 Å². The molecule has 2 nitrogen and oxygen atoms in total. The number of benzene rings is 1. The highest BCUT2D eigenvalue weighted by atomic mass is 15.2. The number of hydrogen-bond donors (Lipinski definition) is 1. The van der Waals surface area contributed by atoms with Crippen LogP contribution >= 0.6 is 0 Å². The van der Waals surface area contributed by atoms with Crippen LogP contribution in [0, 0.1) is 25.7 Å². The topological polar surface area (TPSA) is 29.3 Å². The molecule has 0 aromatic heterocycles. The summed E-state index contributed by atoms with van der Waals surface area (Å²) in [6.07, 6.45) is 1.32. The second-order valence-corrected chi connectivity index (χ2v) is 6.38. The van der Waals surface area contributed by atoms with E-state index in [4.69, 9.17) is 5.73 Å². The zero-order chi connectivity index (χ0) is 14.0. The maximum absolute atomic E-state index is 6.05. The molecule has 2 N–H and O–H groups in total. The molecule has 0 aliphatic carbocycles. The molecule has 1 aromatic carbocycles. The third kappa shape index (κ3) is 3.18. The molecule has 1 aliphatic rings. The van der Waals surface area contributed by atoms with E-state index >= 15 is 0 Å². The van der Waals surface area contributed by atoms with Gasteiger partial charge in [-0.1, -0.05) is 32.0 Å². The minimum Gasteiger partial charge on any atom is -0.329 e. The first-order valence-electron chi connectivity index (χ1n) is 7.54. The first kappa shape index (κ1) is 14.5. The summed E-state index contributed by atoms with van der Waals surface area (Å²) in [5.41, 5.74) is 10.2. The predicted octanol–water partition coefficient (Wildman–Crippen LogP) is 3.28. The second-order valence-electron chi connectivity index (χ2n) is 6.38. The van der Waals surface area contributed by atoms with Crippen molar-refractivity contribution in [2.75, 3.05) is 19.6 Å². The maximum Gasteiger partial charge on any atom is 0.0470 e. The van der Waals surface area contributed by atoms with Crippen molar-refractivity contribution < 1.29 is 0 Å². The van der Waals surface area contributed by atoms with Crippen LogP contribution in [0.5, 0.6) is 0 Å². The van der Waals surface area contributed by atoms with Crippen LogP contribution in [0.3, 0.4) is 0 Å². The summed E-state index contributed by atoms with van der Waals surface area (Å²) < 4.78 is 0. The lowest BCUT2D eigenvalue weighted by atomic mass is 9.95. The lowest BCUT2D eigenvalue weighted by Crippen LogP contribution is -2.32. The number of nitrogens with zero attached hydrogens (tertiary/aromatic N) is 1. The Bertz CT molecular complexity index is 425. The molecule has 1 saturated heterocycles. The summed E-state index contributed by atoms with van der Waals surface area (Å²) in [7, 11) is 0. The van der Waals surface area contributed by atoms with Gasteiger partial charge in [-0.25, -0.2) is 0 Å². The minimum absolute atomic E-state index is 0.392. The molecule has 2 rings (SSSR count). The van der Waals surface area contributed by atoms with Gasteiger partial charge < -0.3 is 5.73 Å². The summed E-state index contributed by atoms with van der Waals surface area (Å²) in [6.45, 7) is 12.1. The predicted molar refractivity (Wildman–Crippen MR) is 82.2 cm³/mol. The Morgan fingerprint density at radius 3 is 2.53 bits per heavy atom. The highest BCUT2D eigenvalue weighted by molar-refractivity contribution is 5.32. The molecular formula is C17H28N2. The van der Waals surface area contributed by atoms with Gasteiger partial charge in [-0.2, -0.15) is 0 Å². The average Bonchev–Trinajstić information content (AvgIpc) is 2.84. The zero-order valence-electron chi connectivity index (χ0n) is 12.8. The lowest BCUT2D eigenvalue weighted by Gasteiger charge is -2.28. The SMILES string of the molecule is Cc1ccc(C(CN)N2CCC(C(C)C)C2)cc1C. The van der Waals surface area contributed by atoms with Crippen molar-refractivity contribution in [2.45, 2.75) is 40.2 Å². The van der Waals surface area contributed by atoms with Gasteiger partial charge in [0, 0.05) is 19.1 Å². The number of rotatable bonds is 4. The largest absolute Gasteiger partial charge is 0.329 e. The van der Waals surface area contributed by atoms with Crippen LogP contribution < -0.4 is 5.73 Å². The van der Waals surface area contributed by atoms with Gasteiger partial charge in [-0.05, 0) is 55.3 Å². The number of nitrogens with two attached hydrogens (primary N) is 1. The molecule has 1 aliphatic heterocycles. The normalized spacial score (nSPS) is 22.1. The molecule has 2 unspecified atom stereocenters. The molecule has 2 heteroatoms. The third-order valence-electron chi connectivity index (χ3n) is 4.78. The van der Waals surface area contributed by atoms with Gasteiger partial charge in [-0.15, -0.1) is 0 Å². The Morgan fingerprint density at radius 1 is 1.26 bits per heavy atom. The highest BCUT2D eigenvalue weighted by Gasteiger charge is 2.29. The first-order valence-corrected chi connectivity index (χ1v) is 7.54. The van der Waals surface area contributed by atoms with Crippen molar-refractivity contribution in [3.05, 3.63) is 34.9 Å². The first-order chi connectivity index (χ1) is 9.02. The second kappa shape index (κ2) is 6.06. The highest BCUT2D eigenvalue weighted by Crippen LogP contribution is 2.31. The number of likely N-dealkylation sites (tertiary alicyclic amines) is 1. The molecule has 19 heavy (non-hydrogen) atoms. The van der Waals surface area contributed by atoms with Crippen molar-refractivity contribution in [3.63, 3.8) is 0 Å². The van der Waals surface area contributed by atoms with Gasteiger partial charge in [0.15, 0.2) is 0 Å². The Balaban J connectivity index is 2.14. The van der Waals surface area contributed by atoms with E-state index in [1.54, 1.807) is 0 Å². The average molecular weight is 260 g/mol. The van der Waals surface area contributed by atoms with Gasteiger partial charge in [0.05, 0.1) is 0 Å². The molecule has 0 spiro atoms. The lowest BCUT2D eigenvalue weighted by molar-refractivity contribution is 0.232. The molecule has 106 valence electrons. The number of hydrogen-bond acceptors (Lipinski definition) is 2. The Morgan fingerprint density at radius 2 is 2.00 bits per heavy atom. The van der Waals surface area contributed by atoms with E-state index in [-0.39, 0.29) is 0 Å². The minimum atomic E-state index is 0.392. The standard InChI is InChI=1S/C17H28N2/c1-12(2)16-7-8-19(11-16)17(10-18)15-6-5-13(3)14(4)9-15/h5-6,9,12,16-17H,7-8,10-11,18H2,1-4H3. The van der Waals surface area contributed by atoms with E-state index in [2.05, 4.69) is 50.8 Å². The quantitative estimate of drug-likeness (QED) is 0.900. The molecule has 1 fully saturated rings. The number of aryl methyl sites for hydroxylation is 2. The van der Waals surface area contributed by atoms with E-state index in [0.717, 1.165) is 11.8 Å². The van der Waals surface area contributed by atoms with Crippen LogP contribution in [-0.2, 0) is 0 Å². The van der Waals surface area contributed by atoms with E-state index in [1.807, 2.05) is 0 Å². The molecule has 2 atom stereocenters. The summed E-state index contributed by atoms with van der Waals surface area (Å²) >= 11 is 0. The van der Waals surface area contributed by atoms with Crippen LogP contribution in [0.1, 0.15) is 43.0 Å². The van der Waals surface area contributed by atoms with Crippen LogP contribution in [0.2, 0.25) is 0 Å². The van der Waals surface area contributed by atoms with E-state index in [9.17, 15) is 0 Å².